The summed E-state index contributed by atoms with van der Waals surface area (Å²) in [7, 11) is -3.15. The van der Waals surface area contributed by atoms with Crippen molar-refractivity contribution in [2.24, 2.45) is 0 Å². The molecule has 0 fully saturated rings. The second kappa shape index (κ2) is 3.10. The van der Waals surface area contributed by atoms with E-state index in [1.54, 1.807) is 12.1 Å². The van der Waals surface area contributed by atoms with Gasteiger partial charge in [0, 0.05) is 12.3 Å². The molecule has 0 unspecified atom stereocenters. The van der Waals surface area contributed by atoms with Crippen LogP contribution >= 0.6 is 0 Å². The van der Waals surface area contributed by atoms with Crippen molar-refractivity contribution in [1.29, 1.82) is 0 Å². The molecule has 0 aliphatic carbocycles. The lowest BCUT2D eigenvalue weighted by atomic mass is 10.1. The maximum atomic E-state index is 11.2. The van der Waals surface area contributed by atoms with Crippen LogP contribution in [0.2, 0.25) is 0 Å². The lowest BCUT2D eigenvalue weighted by Crippen LogP contribution is -1.96. The van der Waals surface area contributed by atoms with Crippen LogP contribution in [0.4, 0.5) is 0 Å². The number of benzene rings is 2. The van der Waals surface area contributed by atoms with E-state index in [4.69, 9.17) is 0 Å². The second-order valence-electron chi connectivity index (χ2n) is 3.18. The normalized spacial score (nSPS) is 11.8. The standard InChI is InChI=1S/C11H9O2S/c1-14(12,13)11-7-6-9-4-2-3-5-10(9)8-11/h2-7H,1H3. The van der Waals surface area contributed by atoms with E-state index in [2.05, 4.69) is 6.07 Å². The lowest BCUT2D eigenvalue weighted by molar-refractivity contribution is 0.602. The van der Waals surface area contributed by atoms with Crippen LogP contribution in [0, 0.1) is 6.07 Å². The highest BCUT2D eigenvalue weighted by atomic mass is 32.2. The fourth-order valence-electron chi connectivity index (χ4n) is 1.31. The van der Waals surface area contributed by atoms with Crippen molar-refractivity contribution < 1.29 is 8.42 Å². The van der Waals surface area contributed by atoms with Crippen LogP contribution in [0.1, 0.15) is 0 Å². The van der Waals surface area contributed by atoms with Gasteiger partial charge in [0.25, 0.3) is 0 Å². The summed E-state index contributed by atoms with van der Waals surface area (Å²) in [5, 5.41) is 1.83. The van der Waals surface area contributed by atoms with Gasteiger partial charge in [0.2, 0.25) is 0 Å². The predicted molar refractivity (Wildman–Crippen MR) is 55.9 cm³/mol. The van der Waals surface area contributed by atoms with Crippen LogP contribution in [-0.2, 0) is 9.84 Å². The van der Waals surface area contributed by atoms with Gasteiger partial charge in [-0.2, -0.15) is 0 Å². The molecule has 0 bridgehead atoms. The molecule has 71 valence electrons. The van der Waals surface area contributed by atoms with Gasteiger partial charge >= 0.3 is 0 Å². The van der Waals surface area contributed by atoms with Gasteiger partial charge in [-0.25, -0.2) is 8.42 Å². The topological polar surface area (TPSA) is 34.1 Å². The molecule has 2 aromatic carbocycles. The molecule has 2 rings (SSSR count). The molecule has 3 heteroatoms. The molecular weight excluding hydrogens is 196 g/mol. The molecule has 0 spiro atoms. The van der Waals surface area contributed by atoms with Crippen LogP contribution in [0.5, 0.6) is 0 Å². The van der Waals surface area contributed by atoms with Gasteiger partial charge in [-0.15, -0.1) is 0 Å². The van der Waals surface area contributed by atoms with Crippen molar-refractivity contribution >= 4 is 20.6 Å². The zero-order valence-corrected chi connectivity index (χ0v) is 8.51. The molecule has 2 aromatic rings. The number of rotatable bonds is 1. The van der Waals surface area contributed by atoms with Crippen molar-refractivity contribution in [3.05, 3.63) is 42.5 Å². The van der Waals surface area contributed by atoms with E-state index >= 15 is 0 Å². The Bertz CT molecular complexity index is 571. The third-order valence-corrected chi connectivity index (χ3v) is 3.07. The fraction of sp³-hybridized carbons (Fsp3) is 0.0909. The molecule has 14 heavy (non-hydrogen) atoms. The molecule has 0 aliphatic rings. The first-order chi connectivity index (χ1) is 6.57. The summed E-state index contributed by atoms with van der Waals surface area (Å²) in [4.78, 5) is 0.246. The maximum absolute atomic E-state index is 11.2. The summed E-state index contributed by atoms with van der Waals surface area (Å²) in [6.45, 7) is 0. The first kappa shape index (κ1) is 9.21. The second-order valence-corrected chi connectivity index (χ2v) is 5.17. The molecule has 0 N–H and O–H groups in total. The fourth-order valence-corrected chi connectivity index (χ4v) is 1.92. The van der Waals surface area contributed by atoms with Gasteiger partial charge in [0.15, 0.2) is 9.84 Å². The summed E-state index contributed by atoms with van der Waals surface area (Å²) in [5.41, 5.74) is 0. The van der Waals surface area contributed by atoms with Crippen LogP contribution < -0.4 is 0 Å². The van der Waals surface area contributed by atoms with Gasteiger partial charge in [-0.05, 0) is 16.8 Å². The average Bonchev–Trinajstić information content (AvgIpc) is 2.16. The van der Waals surface area contributed by atoms with Crippen molar-refractivity contribution in [1.82, 2.24) is 0 Å². The van der Waals surface area contributed by atoms with Crippen LogP contribution in [0.3, 0.4) is 0 Å². The van der Waals surface area contributed by atoms with E-state index in [1.165, 1.54) is 6.26 Å². The SMILES string of the molecule is CS(=O)(=O)c1[c]c2ccccc2cc1. The smallest absolute Gasteiger partial charge is 0.176 e. The molecule has 2 nitrogen and oxygen atoms in total. The quantitative estimate of drug-likeness (QED) is 0.714. The minimum atomic E-state index is -3.15. The summed E-state index contributed by atoms with van der Waals surface area (Å²) in [6, 6.07) is 13.8. The van der Waals surface area contributed by atoms with E-state index in [0.717, 1.165) is 10.8 Å². The summed E-state index contributed by atoms with van der Waals surface area (Å²) in [6.07, 6.45) is 1.19. The van der Waals surface area contributed by atoms with Crippen LogP contribution in [0.25, 0.3) is 10.8 Å². The Kier molecular flexibility index (Phi) is 2.04. The van der Waals surface area contributed by atoms with Gasteiger partial charge < -0.3 is 0 Å². The van der Waals surface area contributed by atoms with Crippen LogP contribution in [-0.4, -0.2) is 14.7 Å². The Labute approximate surface area is 83.1 Å². The highest BCUT2D eigenvalue weighted by Crippen LogP contribution is 2.17. The van der Waals surface area contributed by atoms with E-state index in [1.807, 2.05) is 24.3 Å². The monoisotopic (exact) mass is 205 g/mol. The Morgan fingerprint density at radius 2 is 1.79 bits per heavy atom. The molecule has 0 atom stereocenters. The van der Waals surface area contributed by atoms with Gasteiger partial charge in [0.1, 0.15) is 0 Å². The van der Waals surface area contributed by atoms with Gasteiger partial charge in [0.05, 0.1) is 4.90 Å². The lowest BCUT2D eigenvalue weighted by Gasteiger charge is -2.00. The third-order valence-electron chi connectivity index (χ3n) is 2.03. The van der Waals surface area contributed by atoms with E-state index in [9.17, 15) is 8.42 Å². The first-order valence-electron chi connectivity index (χ1n) is 4.18. The van der Waals surface area contributed by atoms with E-state index < -0.39 is 9.84 Å². The zero-order chi connectivity index (χ0) is 10.2. The maximum Gasteiger partial charge on any atom is 0.176 e. The predicted octanol–water partition coefficient (Wildman–Crippen LogP) is 2.04. The molecule has 0 aromatic heterocycles. The Morgan fingerprint density at radius 3 is 2.50 bits per heavy atom. The first-order valence-corrected chi connectivity index (χ1v) is 6.08. The van der Waals surface area contributed by atoms with Crippen molar-refractivity contribution in [3.8, 4) is 0 Å². The molecule has 0 saturated heterocycles. The van der Waals surface area contributed by atoms with Crippen molar-refractivity contribution in [2.45, 2.75) is 4.90 Å². The minimum absolute atomic E-state index is 0.246. The van der Waals surface area contributed by atoms with Gasteiger partial charge in [-0.3, -0.25) is 0 Å². The Morgan fingerprint density at radius 1 is 1.07 bits per heavy atom. The summed E-state index contributed by atoms with van der Waals surface area (Å²) >= 11 is 0. The van der Waals surface area contributed by atoms with Crippen molar-refractivity contribution in [3.63, 3.8) is 0 Å². The molecule has 1 radical (unpaired) electrons. The molecule has 0 heterocycles. The molecule has 0 aliphatic heterocycles. The number of fused-ring (bicyclic) bond motifs is 1. The van der Waals surface area contributed by atoms with E-state index in [0.29, 0.717) is 0 Å². The number of sulfone groups is 1. The highest BCUT2D eigenvalue weighted by Gasteiger charge is 2.07. The number of hydrogen-bond donors (Lipinski definition) is 0. The molecule has 0 saturated carbocycles. The Hall–Kier alpha value is -1.35. The van der Waals surface area contributed by atoms with E-state index in [-0.39, 0.29) is 4.90 Å². The zero-order valence-electron chi connectivity index (χ0n) is 7.69. The third kappa shape index (κ3) is 1.63. The minimum Gasteiger partial charge on any atom is -0.224 e. The highest BCUT2D eigenvalue weighted by molar-refractivity contribution is 7.90. The summed E-state index contributed by atoms with van der Waals surface area (Å²) < 4.78 is 22.5. The largest absolute Gasteiger partial charge is 0.224 e. The van der Waals surface area contributed by atoms with Crippen molar-refractivity contribution in [2.75, 3.05) is 6.26 Å². The average molecular weight is 205 g/mol. The summed E-state index contributed by atoms with van der Waals surface area (Å²) in [5.74, 6) is 0. The molecule has 0 amide bonds. The number of hydrogen-bond acceptors (Lipinski definition) is 2. The Balaban J connectivity index is 2.75. The molecular formula is C11H9O2S. The van der Waals surface area contributed by atoms with Gasteiger partial charge in [-0.1, -0.05) is 30.3 Å². The van der Waals surface area contributed by atoms with Crippen LogP contribution in [0.15, 0.2) is 41.3 Å².